The van der Waals surface area contributed by atoms with Gasteiger partial charge < -0.3 is 10.2 Å². The molecule has 96 valence electrons. The number of hydrogen-bond donors (Lipinski definition) is 1. The molecule has 0 aromatic heterocycles. The maximum absolute atomic E-state index is 11.9. The summed E-state index contributed by atoms with van der Waals surface area (Å²) < 4.78 is 0. The van der Waals surface area contributed by atoms with Crippen LogP contribution < -0.4 is 10.2 Å². The predicted molar refractivity (Wildman–Crippen MR) is 73.3 cm³/mol. The van der Waals surface area contributed by atoms with E-state index in [1.54, 1.807) is 0 Å². The van der Waals surface area contributed by atoms with Crippen LogP contribution in [0.15, 0.2) is 24.3 Å². The summed E-state index contributed by atoms with van der Waals surface area (Å²) in [4.78, 5) is 13.8. The molecule has 1 atom stereocenters. The molecule has 0 saturated heterocycles. The third kappa shape index (κ3) is 3.49. The normalized spacial score (nSPS) is 11.8. The summed E-state index contributed by atoms with van der Waals surface area (Å²) >= 11 is 0. The number of amides is 1. The van der Waals surface area contributed by atoms with Crippen LogP contribution in [0.5, 0.6) is 0 Å². The molecule has 1 N–H and O–H groups in total. The molecule has 0 heterocycles. The van der Waals surface area contributed by atoms with Crippen molar-refractivity contribution in [3.8, 4) is 6.07 Å². The van der Waals surface area contributed by atoms with E-state index in [1.807, 2.05) is 63.2 Å². The largest absolute Gasteiger partial charge is 0.378 e. The van der Waals surface area contributed by atoms with Crippen LogP contribution in [0, 0.1) is 23.2 Å². The molecule has 4 heteroatoms. The molecule has 18 heavy (non-hydrogen) atoms. The fourth-order valence-electron chi connectivity index (χ4n) is 1.57. The molecule has 0 aliphatic carbocycles. The third-order valence-electron chi connectivity index (χ3n) is 2.74. The zero-order valence-electron chi connectivity index (χ0n) is 11.3. The molecule has 1 aromatic rings. The van der Waals surface area contributed by atoms with Crippen molar-refractivity contribution in [2.75, 3.05) is 24.3 Å². The Morgan fingerprint density at radius 3 is 2.22 bits per heavy atom. The summed E-state index contributed by atoms with van der Waals surface area (Å²) in [5, 5.41) is 11.7. The smallest absolute Gasteiger partial charge is 0.241 e. The van der Waals surface area contributed by atoms with Crippen LogP contribution in [0.25, 0.3) is 0 Å². The van der Waals surface area contributed by atoms with Gasteiger partial charge in [0.1, 0.15) is 5.92 Å². The van der Waals surface area contributed by atoms with Crippen molar-refractivity contribution in [1.29, 1.82) is 5.26 Å². The molecular weight excluding hydrogens is 226 g/mol. The summed E-state index contributed by atoms with van der Waals surface area (Å²) in [6.07, 6.45) is 0. The number of hydrogen-bond acceptors (Lipinski definition) is 3. The van der Waals surface area contributed by atoms with Crippen molar-refractivity contribution in [3.63, 3.8) is 0 Å². The van der Waals surface area contributed by atoms with Gasteiger partial charge >= 0.3 is 0 Å². The van der Waals surface area contributed by atoms with E-state index < -0.39 is 5.92 Å². The first-order chi connectivity index (χ1) is 8.45. The molecule has 1 rings (SSSR count). The van der Waals surface area contributed by atoms with Crippen molar-refractivity contribution >= 4 is 17.3 Å². The van der Waals surface area contributed by atoms with Gasteiger partial charge in [-0.1, -0.05) is 13.8 Å². The second kappa shape index (κ2) is 6.06. The minimum absolute atomic E-state index is 0.0102. The number of carbonyl (C=O) groups excluding carboxylic acids is 1. The van der Waals surface area contributed by atoms with Gasteiger partial charge in [0, 0.05) is 25.5 Å². The van der Waals surface area contributed by atoms with Gasteiger partial charge in [-0.3, -0.25) is 4.79 Å². The quantitative estimate of drug-likeness (QED) is 0.886. The van der Waals surface area contributed by atoms with Crippen LogP contribution in [0.1, 0.15) is 13.8 Å². The van der Waals surface area contributed by atoms with E-state index in [-0.39, 0.29) is 11.8 Å². The summed E-state index contributed by atoms with van der Waals surface area (Å²) in [5.41, 5.74) is 1.78. The first kappa shape index (κ1) is 14.0. The van der Waals surface area contributed by atoms with Crippen LogP contribution in [-0.2, 0) is 4.79 Å². The predicted octanol–water partition coefficient (Wildman–Crippen LogP) is 2.49. The molecular formula is C14H19N3O. The van der Waals surface area contributed by atoms with Crippen LogP contribution in [-0.4, -0.2) is 20.0 Å². The monoisotopic (exact) mass is 245 g/mol. The molecule has 0 aliphatic heterocycles. The Hall–Kier alpha value is -2.02. The van der Waals surface area contributed by atoms with E-state index in [2.05, 4.69) is 5.32 Å². The summed E-state index contributed by atoms with van der Waals surface area (Å²) in [6.45, 7) is 3.73. The van der Waals surface area contributed by atoms with Crippen LogP contribution in [0.3, 0.4) is 0 Å². The Balaban J connectivity index is 2.74. The molecule has 1 amide bonds. The van der Waals surface area contributed by atoms with Crippen molar-refractivity contribution < 1.29 is 4.79 Å². The Morgan fingerprint density at radius 1 is 1.28 bits per heavy atom. The Kier molecular flexibility index (Phi) is 4.73. The Morgan fingerprint density at radius 2 is 1.83 bits per heavy atom. The molecule has 0 fully saturated rings. The highest BCUT2D eigenvalue weighted by Gasteiger charge is 2.21. The fraction of sp³-hybridized carbons (Fsp3) is 0.429. The number of nitrogens with zero attached hydrogens (tertiary/aromatic N) is 2. The minimum Gasteiger partial charge on any atom is -0.378 e. The van der Waals surface area contributed by atoms with Gasteiger partial charge in [0.2, 0.25) is 5.91 Å². The van der Waals surface area contributed by atoms with E-state index >= 15 is 0 Å². The molecule has 4 nitrogen and oxygen atoms in total. The zero-order chi connectivity index (χ0) is 13.7. The summed E-state index contributed by atoms with van der Waals surface area (Å²) in [5.74, 6) is -0.848. The van der Waals surface area contributed by atoms with Gasteiger partial charge in [-0.05, 0) is 30.2 Å². The molecule has 0 aliphatic rings. The van der Waals surface area contributed by atoms with Crippen LogP contribution in [0.2, 0.25) is 0 Å². The lowest BCUT2D eigenvalue weighted by atomic mass is 9.96. The second-order valence-electron chi connectivity index (χ2n) is 4.78. The van der Waals surface area contributed by atoms with Gasteiger partial charge in [0.15, 0.2) is 0 Å². The van der Waals surface area contributed by atoms with E-state index in [4.69, 9.17) is 5.26 Å². The maximum Gasteiger partial charge on any atom is 0.241 e. The van der Waals surface area contributed by atoms with Gasteiger partial charge in [-0.25, -0.2) is 0 Å². The molecule has 0 bridgehead atoms. The number of anilines is 2. The lowest BCUT2D eigenvalue weighted by Crippen LogP contribution is -2.25. The highest BCUT2D eigenvalue weighted by molar-refractivity contribution is 5.94. The highest BCUT2D eigenvalue weighted by atomic mass is 16.1. The Bertz CT molecular complexity index is 443. The highest BCUT2D eigenvalue weighted by Crippen LogP contribution is 2.18. The standard InChI is InChI=1S/C14H19N3O/c1-10(2)13(9-15)14(18)16-11-5-7-12(8-6-11)17(3)4/h5-8,10,13H,1-4H3,(H,16,18). The number of nitrogens with one attached hydrogen (secondary N) is 1. The molecule has 0 saturated carbocycles. The van der Waals surface area contributed by atoms with Crippen molar-refractivity contribution in [2.45, 2.75) is 13.8 Å². The topological polar surface area (TPSA) is 56.1 Å². The van der Waals surface area contributed by atoms with Crippen LogP contribution in [0.4, 0.5) is 11.4 Å². The number of carbonyl (C=O) groups is 1. The fourth-order valence-corrected chi connectivity index (χ4v) is 1.57. The summed E-state index contributed by atoms with van der Waals surface area (Å²) in [7, 11) is 3.91. The number of rotatable bonds is 4. The average Bonchev–Trinajstić information content (AvgIpc) is 2.29. The zero-order valence-corrected chi connectivity index (χ0v) is 11.3. The number of benzene rings is 1. The lowest BCUT2D eigenvalue weighted by molar-refractivity contribution is -0.119. The van der Waals surface area contributed by atoms with Crippen molar-refractivity contribution in [3.05, 3.63) is 24.3 Å². The van der Waals surface area contributed by atoms with Gasteiger partial charge in [0.05, 0.1) is 6.07 Å². The van der Waals surface area contributed by atoms with Gasteiger partial charge in [-0.15, -0.1) is 0 Å². The van der Waals surface area contributed by atoms with Crippen molar-refractivity contribution in [2.24, 2.45) is 11.8 Å². The third-order valence-corrected chi connectivity index (χ3v) is 2.74. The van der Waals surface area contributed by atoms with Gasteiger partial charge in [-0.2, -0.15) is 5.26 Å². The van der Waals surface area contributed by atoms with E-state index in [0.717, 1.165) is 5.69 Å². The first-order valence-corrected chi connectivity index (χ1v) is 5.93. The van der Waals surface area contributed by atoms with E-state index in [0.29, 0.717) is 5.69 Å². The molecule has 0 spiro atoms. The lowest BCUT2D eigenvalue weighted by Gasteiger charge is -2.15. The van der Waals surface area contributed by atoms with E-state index in [9.17, 15) is 4.79 Å². The average molecular weight is 245 g/mol. The Labute approximate surface area is 108 Å². The van der Waals surface area contributed by atoms with E-state index in [1.165, 1.54) is 0 Å². The molecule has 1 aromatic carbocycles. The minimum atomic E-state index is -0.612. The van der Waals surface area contributed by atoms with Gasteiger partial charge in [0.25, 0.3) is 0 Å². The molecule has 0 radical (unpaired) electrons. The SMILES string of the molecule is CC(C)C(C#N)C(=O)Nc1ccc(N(C)C)cc1. The first-order valence-electron chi connectivity index (χ1n) is 5.93. The molecule has 1 unspecified atom stereocenters. The van der Waals surface area contributed by atoms with Crippen molar-refractivity contribution in [1.82, 2.24) is 0 Å². The number of nitriles is 1. The summed E-state index contributed by atoms with van der Waals surface area (Å²) in [6, 6.07) is 9.55. The van der Waals surface area contributed by atoms with Crippen LogP contribution >= 0.6 is 0 Å². The second-order valence-corrected chi connectivity index (χ2v) is 4.78. The maximum atomic E-state index is 11.9.